The third-order valence-corrected chi connectivity index (χ3v) is 5.79. The van der Waals surface area contributed by atoms with E-state index in [0.717, 1.165) is 43.1 Å². The minimum atomic E-state index is -4.77. The van der Waals surface area contributed by atoms with E-state index in [1.165, 1.54) is 28.9 Å². The van der Waals surface area contributed by atoms with Gasteiger partial charge < -0.3 is 14.1 Å². The van der Waals surface area contributed by atoms with E-state index in [4.69, 9.17) is 4.42 Å². The molecular weight excluding hydrogens is 459 g/mol. The number of carbonyl (C=O) groups is 1. The van der Waals surface area contributed by atoms with Crippen molar-refractivity contribution >= 4 is 17.7 Å². The van der Waals surface area contributed by atoms with Gasteiger partial charge in [-0.05, 0) is 72.5 Å². The number of halogens is 3. The molecule has 0 atom stereocenters. The number of tetrazole rings is 1. The lowest BCUT2D eigenvalue weighted by Crippen LogP contribution is -2.32. The number of carbonyl (C=O) groups excluding carboxylic acids is 1. The Morgan fingerprint density at radius 3 is 2.70 bits per heavy atom. The summed E-state index contributed by atoms with van der Waals surface area (Å²) in [4.78, 5) is 14.8. The average molecular weight is 479 g/mol. The first-order valence-electron chi connectivity index (χ1n) is 10.2. The fourth-order valence-corrected chi connectivity index (χ4v) is 4.17. The highest BCUT2D eigenvalue weighted by Crippen LogP contribution is 2.27. The Bertz CT molecular complexity index is 1100. The van der Waals surface area contributed by atoms with Crippen LogP contribution in [-0.4, -0.2) is 43.1 Å². The molecule has 1 aromatic carbocycles. The number of hydrogen-bond donors (Lipinski definition) is 0. The highest BCUT2D eigenvalue weighted by Gasteiger charge is 2.31. The predicted molar refractivity (Wildman–Crippen MR) is 112 cm³/mol. The lowest BCUT2D eigenvalue weighted by molar-refractivity contribution is -0.274. The largest absolute Gasteiger partial charge is 0.573 e. The number of ether oxygens (including phenoxy) is 1. The van der Waals surface area contributed by atoms with Crippen LogP contribution >= 0.6 is 11.8 Å². The first-order chi connectivity index (χ1) is 15.9. The maximum atomic E-state index is 13.1. The van der Waals surface area contributed by atoms with Crippen molar-refractivity contribution in [1.29, 1.82) is 0 Å². The molecule has 2 heterocycles. The molecule has 1 aliphatic carbocycles. The number of hydrogen-bond acceptors (Lipinski definition) is 7. The number of furan rings is 1. The molecule has 0 saturated heterocycles. The van der Waals surface area contributed by atoms with E-state index < -0.39 is 6.36 Å². The van der Waals surface area contributed by atoms with Crippen molar-refractivity contribution in [3.05, 3.63) is 60.2 Å². The molecule has 1 amide bonds. The summed E-state index contributed by atoms with van der Waals surface area (Å²) in [6, 6.07) is 8.75. The van der Waals surface area contributed by atoms with Crippen LogP contribution in [0, 0.1) is 0 Å². The summed E-state index contributed by atoms with van der Waals surface area (Å²) < 4.78 is 47.8. The smallest absolute Gasteiger partial charge is 0.467 e. The zero-order chi connectivity index (χ0) is 23.3. The molecule has 0 aliphatic heterocycles. The van der Waals surface area contributed by atoms with Gasteiger partial charge >= 0.3 is 6.36 Å². The Balaban J connectivity index is 1.44. The summed E-state index contributed by atoms with van der Waals surface area (Å²) in [5.41, 5.74) is 1.41. The Hall–Kier alpha value is -3.28. The third-order valence-electron chi connectivity index (χ3n) is 4.89. The highest BCUT2D eigenvalue weighted by molar-refractivity contribution is 7.99. The number of amides is 1. The first-order valence-corrected chi connectivity index (χ1v) is 11.2. The molecule has 33 heavy (non-hydrogen) atoms. The van der Waals surface area contributed by atoms with Crippen LogP contribution in [-0.2, 0) is 11.3 Å². The summed E-state index contributed by atoms with van der Waals surface area (Å²) in [7, 11) is 0. The Morgan fingerprint density at radius 1 is 1.21 bits per heavy atom. The molecule has 1 aliphatic rings. The lowest BCUT2D eigenvalue weighted by atomic mass is 10.0. The third kappa shape index (κ3) is 6.15. The Kier molecular flexibility index (Phi) is 7.02. The quantitative estimate of drug-likeness (QED) is 0.432. The van der Waals surface area contributed by atoms with Crippen molar-refractivity contribution in [2.75, 3.05) is 5.75 Å². The highest BCUT2D eigenvalue weighted by atomic mass is 32.2. The maximum Gasteiger partial charge on any atom is 0.573 e. The molecule has 0 unspecified atom stereocenters. The zero-order valence-electron chi connectivity index (χ0n) is 17.4. The molecule has 2 aromatic heterocycles. The van der Waals surface area contributed by atoms with Crippen LogP contribution in [0.3, 0.4) is 0 Å². The van der Waals surface area contributed by atoms with Gasteiger partial charge in [-0.2, -0.15) is 4.68 Å². The average Bonchev–Trinajstić information content (AvgIpc) is 3.48. The molecule has 0 saturated carbocycles. The summed E-state index contributed by atoms with van der Waals surface area (Å²) in [5, 5.41) is 11.8. The summed E-state index contributed by atoms with van der Waals surface area (Å²) in [6.45, 7) is 0.337. The number of alkyl halides is 3. The first kappa shape index (κ1) is 22.9. The van der Waals surface area contributed by atoms with Gasteiger partial charge in [0.05, 0.1) is 24.2 Å². The maximum absolute atomic E-state index is 13.1. The number of rotatable bonds is 8. The number of thioether (sulfide) groups is 1. The second-order valence-corrected chi connectivity index (χ2v) is 8.15. The van der Waals surface area contributed by atoms with E-state index in [1.807, 2.05) is 6.07 Å². The molecule has 8 nitrogen and oxygen atoms in total. The van der Waals surface area contributed by atoms with Crippen molar-refractivity contribution in [2.24, 2.45) is 0 Å². The minimum absolute atomic E-state index is 0.0771. The zero-order valence-corrected chi connectivity index (χ0v) is 18.2. The molecular formula is C21H20F3N5O3S. The van der Waals surface area contributed by atoms with Crippen molar-refractivity contribution < 1.29 is 27.1 Å². The number of benzene rings is 1. The van der Waals surface area contributed by atoms with E-state index in [-0.39, 0.29) is 17.4 Å². The summed E-state index contributed by atoms with van der Waals surface area (Å²) >= 11 is 1.14. The standard InChI is InChI=1S/C21H20F3N5O3S/c22-21(23,24)32-17-10-8-16(9-11-17)29-20(25-26-27-29)33-14-19(30)28(13-18-7-4-12-31-18)15-5-2-1-3-6-15/h4-5,7-12H,1-3,6,13-14H2. The second-order valence-electron chi connectivity index (χ2n) is 7.20. The molecule has 0 spiro atoms. The molecule has 0 bridgehead atoms. The Morgan fingerprint density at radius 2 is 2.03 bits per heavy atom. The van der Waals surface area contributed by atoms with Crippen molar-refractivity contribution in [2.45, 2.75) is 43.7 Å². The van der Waals surface area contributed by atoms with Crippen LogP contribution in [0.1, 0.15) is 31.4 Å². The number of aromatic nitrogens is 4. The second kappa shape index (κ2) is 10.1. The summed E-state index contributed by atoms with van der Waals surface area (Å²) in [6.07, 6.45) is 2.76. The molecule has 4 rings (SSSR count). The van der Waals surface area contributed by atoms with Crippen LogP contribution < -0.4 is 4.74 Å². The fourth-order valence-electron chi connectivity index (χ4n) is 3.40. The van der Waals surface area contributed by atoms with Crippen LogP contribution in [0.2, 0.25) is 0 Å². The minimum Gasteiger partial charge on any atom is -0.467 e. The van der Waals surface area contributed by atoms with Crippen molar-refractivity contribution in [3.63, 3.8) is 0 Å². The van der Waals surface area contributed by atoms with Gasteiger partial charge in [0.15, 0.2) is 0 Å². The van der Waals surface area contributed by atoms with Crippen molar-refractivity contribution in [3.8, 4) is 11.4 Å². The van der Waals surface area contributed by atoms with Crippen LogP contribution in [0.5, 0.6) is 5.75 Å². The number of nitrogens with zero attached hydrogens (tertiary/aromatic N) is 5. The molecule has 0 N–H and O–H groups in total. The van der Waals surface area contributed by atoms with E-state index in [1.54, 1.807) is 17.2 Å². The van der Waals surface area contributed by atoms with Crippen LogP contribution in [0.4, 0.5) is 13.2 Å². The van der Waals surface area contributed by atoms with Gasteiger partial charge in [-0.3, -0.25) is 4.79 Å². The number of allylic oxidation sites excluding steroid dienone is 2. The Labute approximate surface area is 191 Å². The van der Waals surface area contributed by atoms with E-state index in [0.29, 0.717) is 23.1 Å². The van der Waals surface area contributed by atoms with Gasteiger partial charge in [-0.25, -0.2) is 0 Å². The van der Waals surface area contributed by atoms with Crippen molar-refractivity contribution in [1.82, 2.24) is 25.1 Å². The molecule has 0 fully saturated rings. The van der Waals surface area contributed by atoms with E-state index >= 15 is 0 Å². The SMILES string of the molecule is O=C(CSc1nnnn1-c1ccc(OC(F)(F)F)cc1)N(Cc1ccco1)C1=CCCCC1. The molecule has 3 aromatic rings. The molecule has 174 valence electrons. The topological polar surface area (TPSA) is 86.3 Å². The van der Waals surface area contributed by atoms with Gasteiger partial charge in [0.1, 0.15) is 11.5 Å². The molecule has 0 radical (unpaired) electrons. The summed E-state index contributed by atoms with van der Waals surface area (Å²) in [5.74, 6) is 0.296. The van der Waals surface area contributed by atoms with E-state index in [9.17, 15) is 18.0 Å². The van der Waals surface area contributed by atoms with Gasteiger partial charge in [0.25, 0.3) is 0 Å². The van der Waals surface area contributed by atoms with Gasteiger partial charge in [0, 0.05) is 5.70 Å². The van der Waals surface area contributed by atoms with Crippen LogP contribution in [0.15, 0.2) is 64.0 Å². The van der Waals surface area contributed by atoms with Gasteiger partial charge in [0.2, 0.25) is 11.1 Å². The van der Waals surface area contributed by atoms with E-state index in [2.05, 4.69) is 26.3 Å². The molecule has 12 heteroatoms. The fraction of sp³-hybridized carbons (Fsp3) is 0.333. The van der Waals surface area contributed by atoms with Gasteiger partial charge in [-0.1, -0.05) is 17.8 Å². The van der Waals surface area contributed by atoms with Crippen LogP contribution in [0.25, 0.3) is 5.69 Å². The van der Waals surface area contributed by atoms with Gasteiger partial charge in [-0.15, -0.1) is 18.3 Å². The lowest BCUT2D eigenvalue weighted by Gasteiger charge is -2.27. The normalized spacial score (nSPS) is 14.1. The monoisotopic (exact) mass is 479 g/mol. The predicted octanol–water partition coefficient (Wildman–Crippen LogP) is 4.73.